The number of rotatable bonds is 3. The van der Waals surface area contributed by atoms with E-state index < -0.39 is 0 Å². The zero-order chi connectivity index (χ0) is 17.4. The van der Waals surface area contributed by atoms with Crippen molar-refractivity contribution in [3.8, 4) is 0 Å². The summed E-state index contributed by atoms with van der Waals surface area (Å²) in [5.74, 6) is 0.911. The summed E-state index contributed by atoms with van der Waals surface area (Å²) in [6.07, 6.45) is 2.22. The Bertz CT molecular complexity index is 882. The monoisotopic (exact) mass is 352 g/mol. The first-order valence-electron chi connectivity index (χ1n) is 9.03. The van der Waals surface area contributed by atoms with E-state index in [2.05, 4.69) is 60.2 Å². The van der Waals surface area contributed by atoms with Crippen LogP contribution in [-0.2, 0) is 6.54 Å². The number of fused-ring (bicyclic) bond motifs is 1. The third-order valence-electron chi connectivity index (χ3n) is 5.27. The Morgan fingerprint density at radius 2 is 1.88 bits per heavy atom. The van der Waals surface area contributed by atoms with Crippen LogP contribution in [-0.4, -0.2) is 28.5 Å². The van der Waals surface area contributed by atoms with Gasteiger partial charge in [0.1, 0.15) is 5.69 Å². The van der Waals surface area contributed by atoms with Gasteiger partial charge in [0.25, 0.3) is 5.91 Å². The van der Waals surface area contributed by atoms with Crippen molar-refractivity contribution in [3.63, 3.8) is 0 Å². The van der Waals surface area contributed by atoms with Gasteiger partial charge in [-0.2, -0.15) is 0 Å². The van der Waals surface area contributed by atoms with Gasteiger partial charge in [-0.1, -0.05) is 36.8 Å². The molecule has 1 saturated heterocycles. The van der Waals surface area contributed by atoms with Gasteiger partial charge in [-0.05, 0) is 48.8 Å². The molecule has 4 heteroatoms. The molecule has 0 bridgehead atoms. The van der Waals surface area contributed by atoms with Crippen LogP contribution in [0.25, 0.3) is 10.2 Å². The molecule has 0 unspecified atom stereocenters. The summed E-state index contributed by atoms with van der Waals surface area (Å²) >= 11 is 1.71. The lowest BCUT2D eigenvalue weighted by molar-refractivity contribution is 0.0687. The molecule has 1 amide bonds. The van der Waals surface area contributed by atoms with Crippen LogP contribution in [0.3, 0.4) is 0 Å². The summed E-state index contributed by atoms with van der Waals surface area (Å²) in [4.78, 5) is 15.2. The number of carbonyl (C=O) groups excluding carboxylic acids is 1. The van der Waals surface area contributed by atoms with Crippen molar-refractivity contribution in [2.75, 3.05) is 13.1 Å². The quantitative estimate of drug-likeness (QED) is 0.656. The fraction of sp³-hybridized carbons (Fsp3) is 0.381. The van der Waals surface area contributed by atoms with Crippen molar-refractivity contribution in [2.24, 2.45) is 5.92 Å². The first kappa shape index (κ1) is 16.4. The Kier molecular flexibility index (Phi) is 4.38. The van der Waals surface area contributed by atoms with Gasteiger partial charge in [-0.3, -0.25) is 4.79 Å². The predicted molar refractivity (Wildman–Crippen MR) is 104 cm³/mol. The minimum absolute atomic E-state index is 0.183. The predicted octanol–water partition coefficient (Wildman–Crippen LogP) is 4.93. The number of thiophene rings is 1. The summed E-state index contributed by atoms with van der Waals surface area (Å²) in [5.41, 5.74) is 4.49. The van der Waals surface area contributed by atoms with E-state index in [9.17, 15) is 4.79 Å². The zero-order valence-electron chi connectivity index (χ0n) is 14.9. The van der Waals surface area contributed by atoms with Crippen molar-refractivity contribution < 1.29 is 4.79 Å². The highest BCUT2D eigenvalue weighted by Gasteiger charge is 2.25. The highest BCUT2D eigenvalue weighted by molar-refractivity contribution is 7.17. The molecule has 1 aliphatic heterocycles. The number of piperidine rings is 1. The van der Waals surface area contributed by atoms with Gasteiger partial charge in [-0.15, -0.1) is 11.3 Å². The fourth-order valence-corrected chi connectivity index (χ4v) is 4.40. The normalized spacial score (nSPS) is 15.8. The molecular formula is C21H24N2OS. The minimum Gasteiger partial charge on any atom is -0.337 e. The van der Waals surface area contributed by atoms with Crippen LogP contribution < -0.4 is 0 Å². The highest BCUT2D eigenvalue weighted by Crippen LogP contribution is 2.28. The molecule has 1 aliphatic rings. The molecule has 0 N–H and O–H groups in total. The lowest BCUT2D eigenvalue weighted by Crippen LogP contribution is -2.38. The molecule has 0 aliphatic carbocycles. The van der Waals surface area contributed by atoms with Gasteiger partial charge in [0.05, 0.1) is 10.2 Å². The van der Waals surface area contributed by atoms with Gasteiger partial charge in [-0.25, -0.2) is 0 Å². The number of likely N-dealkylation sites (tertiary alicyclic amines) is 1. The molecule has 0 saturated carbocycles. The number of carbonyl (C=O) groups is 1. The van der Waals surface area contributed by atoms with E-state index in [0.29, 0.717) is 0 Å². The van der Waals surface area contributed by atoms with Gasteiger partial charge >= 0.3 is 0 Å². The van der Waals surface area contributed by atoms with Crippen LogP contribution in [0.1, 0.15) is 41.4 Å². The molecule has 1 fully saturated rings. The number of amides is 1. The zero-order valence-corrected chi connectivity index (χ0v) is 15.7. The molecular weight excluding hydrogens is 328 g/mol. The topological polar surface area (TPSA) is 25.2 Å². The standard InChI is InChI=1S/C21H24N2OS/c1-15-3-5-17(6-4-15)14-23-18-9-12-25-20(18)13-19(23)21(24)22-10-7-16(2)8-11-22/h3-6,9,12-13,16H,7-8,10-11,14H2,1-2H3. The fourth-order valence-electron chi connectivity index (χ4n) is 3.57. The number of aromatic nitrogens is 1. The smallest absolute Gasteiger partial charge is 0.270 e. The third-order valence-corrected chi connectivity index (χ3v) is 6.13. The van der Waals surface area contributed by atoms with Crippen LogP contribution in [0.4, 0.5) is 0 Å². The van der Waals surface area contributed by atoms with E-state index in [1.807, 2.05) is 4.90 Å². The minimum atomic E-state index is 0.183. The van der Waals surface area contributed by atoms with Crippen molar-refractivity contribution in [2.45, 2.75) is 33.2 Å². The van der Waals surface area contributed by atoms with Crippen LogP contribution in [0, 0.1) is 12.8 Å². The lowest BCUT2D eigenvalue weighted by Gasteiger charge is -2.30. The number of nitrogens with zero attached hydrogens (tertiary/aromatic N) is 2. The Hall–Kier alpha value is -2.07. The Labute approximate surface area is 152 Å². The van der Waals surface area contributed by atoms with Crippen LogP contribution >= 0.6 is 11.3 Å². The molecule has 3 aromatic rings. The number of hydrogen-bond donors (Lipinski definition) is 0. The number of benzene rings is 1. The van der Waals surface area contributed by atoms with Gasteiger partial charge < -0.3 is 9.47 Å². The second kappa shape index (κ2) is 6.68. The van der Waals surface area contributed by atoms with E-state index in [1.165, 1.54) is 21.3 Å². The first-order chi connectivity index (χ1) is 12.1. The van der Waals surface area contributed by atoms with Crippen LogP contribution in [0.2, 0.25) is 0 Å². The van der Waals surface area contributed by atoms with Gasteiger partial charge in [0.15, 0.2) is 0 Å². The maximum atomic E-state index is 13.1. The van der Waals surface area contributed by atoms with E-state index >= 15 is 0 Å². The molecule has 4 rings (SSSR count). The average molecular weight is 353 g/mol. The van der Waals surface area contributed by atoms with Crippen LogP contribution in [0.15, 0.2) is 41.8 Å². The number of hydrogen-bond acceptors (Lipinski definition) is 2. The molecule has 0 radical (unpaired) electrons. The molecule has 130 valence electrons. The van der Waals surface area contributed by atoms with Crippen molar-refractivity contribution in [1.82, 2.24) is 9.47 Å². The maximum Gasteiger partial charge on any atom is 0.270 e. The molecule has 1 aromatic carbocycles. The van der Waals surface area contributed by atoms with E-state index in [4.69, 9.17) is 0 Å². The molecule has 25 heavy (non-hydrogen) atoms. The third kappa shape index (κ3) is 3.23. The van der Waals surface area contributed by atoms with Crippen molar-refractivity contribution in [3.05, 3.63) is 58.6 Å². The molecule has 3 heterocycles. The molecule has 2 aromatic heterocycles. The Morgan fingerprint density at radius 1 is 1.16 bits per heavy atom. The first-order valence-corrected chi connectivity index (χ1v) is 9.91. The van der Waals surface area contributed by atoms with Crippen molar-refractivity contribution >= 4 is 27.5 Å². The summed E-state index contributed by atoms with van der Waals surface area (Å²) in [6, 6.07) is 12.8. The largest absolute Gasteiger partial charge is 0.337 e. The average Bonchev–Trinajstić information content (AvgIpc) is 3.19. The van der Waals surface area contributed by atoms with Crippen LogP contribution in [0.5, 0.6) is 0 Å². The Balaban J connectivity index is 1.67. The molecule has 3 nitrogen and oxygen atoms in total. The SMILES string of the molecule is Cc1ccc(Cn2c(C(=O)N3CCC(C)CC3)cc3sccc32)cc1. The van der Waals surface area contributed by atoms with E-state index in [0.717, 1.165) is 44.1 Å². The number of aryl methyl sites for hydroxylation is 1. The lowest BCUT2D eigenvalue weighted by atomic mass is 9.99. The second-order valence-electron chi connectivity index (χ2n) is 7.25. The van der Waals surface area contributed by atoms with E-state index in [-0.39, 0.29) is 5.91 Å². The highest BCUT2D eigenvalue weighted by atomic mass is 32.1. The Morgan fingerprint density at radius 3 is 2.60 bits per heavy atom. The molecule has 0 atom stereocenters. The summed E-state index contributed by atoms with van der Waals surface area (Å²) in [6.45, 7) is 6.87. The summed E-state index contributed by atoms with van der Waals surface area (Å²) in [7, 11) is 0. The maximum absolute atomic E-state index is 13.1. The summed E-state index contributed by atoms with van der Waals surface area (Å²) in [5, 5.41) is 2.10. The van der Waals surface area contributed by atoms with Crippen molar-refractivity contribution in [1.29, 1.82) is 0 Å². The summed E-state index contributed by atoms with van der Waals surface area (Å²) < 4.78 is 3.39. The second-order valence-corrected chi connectivity index (χ2v) is 8.19. The van der Waals surface area contributed by atoms with Gasteiger partial charge in [0.2, 0.25) is 0 Å². The van der Waals surface area contributed by atoms with Gasteiger partial charge in [0, 0.05) is 19.6 Å². The molecule has 0 spiro atoms. The van der Waals surface area contributed by atoms with E-state index in [1.54, 1.807) is 11.3 Å².